The number of sulfone groups is 1. The van der Waals surface area contributed by atoms with E-state index in [1.807, 2.05) is 6.92 Å². The Morgan fingerprint density at radius 3 is 2.50 bits per heavy atom. The van der Waals surface area contributed by atoms with E-state index in [0.717, 1.165) is 5.56 Å². The van der Waals surface area contributed by atoms with Crippen molar-refractivity contribution in [2.24, 2.45) is 0 Å². The molecule has 0 unspecified atom stereocenters. The molecule has 0 saturated carbocycles. The van der Waals surface area contributed by atoms with Gasteiger partial charge >= 0.3 is 0 Å². The number of aliphatic hydroxyl groups is 1. The van der Waals surface area contributed by atoms with Gasteiger partial charge in [-0.1, -0.05) is 13.0 Å². The predicted molar refractivity (Wildman–Crippen MR) is 78.0 cm³/mol. The van der Waals surface area contributed by atoms with Crippen molar-refractivity contribution in [1.82, 2.24) is 0 Å². The van der Waals surface area contributed by atoms with Gasteiger partial charge in [-0.05, 0) is 31.0 Å². The van der Waals surface area contributed by atoms with Crippen molar-refractivity contribution < 1.29 is 23.0 Å². The van der Waals surface area contributed by atoms with Crippen molar-refractivity contribution in [1.29, 1.82) is 0 Å². The molecule has 1 aromatic rings. The molecule has 1 aromatic carbocycles. The second kappa shape index (κ2) is 8.11. The van der Waals surface area contributed by atoms with Crippen LogP contribution in [0.5, 0.6) is 11.5 Å². The van der Waals surface area contributed by atoms with E-state index in [9.17, 15) is 8.42 Å². The topological polar surface area (TPSA) is 72.8 Å². The van der Waals surface area contributed by atoms with Crippen molar-refractivity contribution in [3.8, 4) is 11.5 Å². The fraction of sp³-hybridized carbons (Fsp3) is 0.571. The molecule has 1 N–H and O–H groups in total. The Bertz CT molecular complexity index is 510. The lowest BCUT2D eigenvalue weighted by atomic mass is 10.2. The maximum atomic E-state index is 11.4. The molecule has 5 nitrogen and oxygen atoms in total. The number of hydrogen-bond donors (Lipinski definition) is 1. The minimum Gasteiger partial charge on any atom is -0.490 e. The molecular formula is C14H22O5S. The van der Waals surface area contributed by atoms with Crippen LogP contribution in [0.15, 0.2) is 18.2 Å². The van der Waals surface area contributed by atoms with Crippen LogP contribution in [0, 0.1) is 0 Å². The number of benzene rings is 1. The number of ether oxygens (including phenoxy) is 2. The third-order valence-corrected chi connectivity index (χ3v) is 4.58. The first-order valence-electron chi connectivity index (χ1n) is 6.72. The summed E-state index contributed by atoms with van der Waals surface area (Å²) in [6.07, 6.45) is 0.448. The van der Waals surface area contributed by atoms with E-state index < -0.39 is 9.84 Å². The van der Waals surface area contributed by atoms with Crippen LogP contribution in [0.4, 0.5) is 0 Å². The fourth-order valence-electron chi connectivity index (χ4n) is 1.64. The van der Waals surface area contributed by atoms with Gasteiger partial charge in [-0.2, -0.15) is 0 Å². The molecule has 20 heavy (non-hydrogen) atoms. The second-order valence-electron chi connectivity index (χ2n) is 4.31. The normalized spacial score (nSPS) is 11.3. The smallest absolute Gasteiger partial charge is 0.161 e. The van der Waals surface area contributed by atoms with Gasteiger partial charge in [0.1, 0.15) is 9.84 Å². The molecule has 0 spiro atoms. The van der Waals surface area contributed by atoms with Gasteiger partial charge in [0.05, 0.1) is 25.6 Å². The Morgan fingerprint density at radius 1 is 1.15 bits per heavy atom. The zero-order valence-corrected chi connectivity index (χ0v) is 12.8. The fourth-order valence-corrected chi connectivity index (χ4v) is 2.49. The summed E-state index contributed by atoms with van der Waals surface area (Å²) in [5.41, 5.74) is 0.745. The van der Waals surface area contributed by atoms with E-state index in [1.165, 1.54) is 0 Å². The molecule has 0 fully saturated rings. The van der Waals surface area contributed by atoms with Crippen LogP contribution in [-0.4, -0.2) is 38.2 Å². The molecule has 0 aliphatic rings. The quantitative estimate of drug-likeness (QED) is 0.704. The van der Waals surface area contributed by atoms with Gasteiger partial charge in [0, 0.05) is 5.75 Å². The largest absolute Gasteiger partial charge is 0.490 e. The van der Waals surface area contributed by atoms with Crippen molar-refractivity contribution in [2.45, 2.75) is 26.9 Å². The summed E-state index contributed by atoms with van der Waals surface area (Å²) in [6.45, 7) is 4.25. The first-order chi connectivity index (χ1) is 9.52. The van der Waals surface area contributed by atoms with Crippen molar-refractivity contribution >= 4 is 9.84 Å². The van der Waals surface area contributed by atoms with Crippen molar-refractivity contribution in [3.63, 3.8) is 0 Å². The third-order valence-electron chi connectivity index (χ3n) is 2.79. The van der Waals surface area contributed by atoms with Gasteiger partial charge < -0.3 is 14.6 Å². The summed E-state index contributed by atoms with van der Waals surface area (Å²) >= 11 is 0. The maximum absolute atomic E-state index is 11.4. The molecule has 0 amide bonds. The molecule has 1 rings (SSSR count). The SMILES string of the molecule is CCOc1cc(CO)ccc1OCCCS(=O)(=O)CC. The van der Waals surface area contributed by atoms with Gasteiger partial charge in [0.15, 0.2) is 11.5 Å². The molecule has 0 heterocycles. The Kier molecular flexibility index (Phi) is 6.81. The first kappa shape index (κ1) is 16.8. The Balaban J connectivity index is 2.58. The van der Waals surface area contributed by atoms with E-state index in [1.54, 1.807) is 25.1 Å². The van der Waals surface area contributed by atoms with Crippen LogP contribution in [0.1, 0.15) is 25.8 Å². The van der Waals surface area contributed by atoms with Gasteiger partial charge in [-0.3, -0.25) is 0 Å². The summed E-state index contributed by atoms with van der Waals surface area (Å²) in [6, 6.07) is 5.20. The lowest BCUT2D eigenvalue weighted by Crippen LogP contribution is -2.12. The van der Waals surface area contributed by atoms with Gasteiger partial charge in [-0.25, -0.2) is 8.42 Å². The van der Waals surface area contributed by atoms with Crippen LogP contribution in [-0.2, 0) is 16.4 Å². The second-order valence-corrected chi connectivity index (χ2v) is 6.78. The monoisotopic (exact) mass is 302 g/mol. The van der Waals surface area contributed by atoms with E-state index >= 15 is 0 Å². The van der Waals surface area contributed by atoms with Crippen molar-refractivity contribution in [3.05, 3.63) is 23.8 Å². The molecule has 114 valence electrons. The minimum atomic E-state index is -2.95. The highest BCUT2D eigenvalue weighted by Gasteiger charge is 2.09. The highest BCUT2D eigenvalue weighted by atomic mass is 32.2. The maximum Gasteiger partial charge on any atom is 0.161 e. The van der Waals surface area contributed by atoms with Crippen LogP contribution in [0.25, 0.3) is 0 Å². The highest BCUT2D eigenvalue weighted by Crippen LogP contribution is 2.28. The van der Waals surface area contributed by atoms with Crippen LogP contribution >= 0.6 is 0 Å². The molecule has 0 aliphatic carbocycles. The lowest BCUT2D eigenvalue weighted by molar-refractivity contribution is 0.269. The highest BCUT2D eigenvalue weighted by molar-refractivity contribution is 7.91. The van der Waals surface area contributed by atoms with Gasteiger partial charge in [0.25, 0.3) is 0 Å². The molecule has 0 bridgehead atoms. The Labute approximate surface area is 120 Å². The molecular weight excluding hydrogens is 280 g/mol. The zero-order valence-electron chi connectivity index (χ0n) is 12.0. The lowest BCUT2D eigenvalue weighted by Gasteiger charge is -2.12. The van der Waals surface area contributed by atoms with Gasteiger partial charge in [-0.15, -0.1) is 0 Å². The zero-order chi connectivity index (χ0) is 15.0. The molecule has 0 atom stereocenters. The van der Waals surface area contributed by atoms with E-state index in [2.05, 4.69) is 0 Å². The summed E-state index contributed by atoms with van der Waals surface area (Å²) in [4.78, 5) is 0. The molecule has 6 heteroatoms. The molecule has 0 saturated heterocycles. The Hall–Kier alpha value is -1.27. The predicted octanol–water partition coefficient (Wildman–Crippen LogP) is 1.78. The molecule has 0 aromatic heterocycles. The van der Waals surface area contributed by atoms with Crippen molar-refractivity contribution in [2.75, 3.05) is 24.7 Å². The summed E-state index contributed by atoms with van der Waals surface area (Å²) in [5.74, 6) is 1.42. The third kappa shape index (κ3) is 5.38. The summed E-state index contributed by atoms with van der Waals surface area (Å²) in [7, 11) is -2.95. The first-order valence-corrected chi connectivity index (χ1v) is 8.54. The van der Waals surface area contributed by atoms with Crippen LogP contribution in [0.3, 0.4) is 0 Å². The summed E-state index contributed by atoms with van der Waals surface area (Å²) in [5, 5.41) is 9.09. The average Bonchev–Trinajstić information content (AvgIpc) is 2.45. The molecule has 0 radical (unpaired) electrons. The van der Waals surface area contributed by atoms with E-state index in [4.69, 9.17) is 14.6 Å². The number of rotatable bonds is 9. The minimum absolute atomic E-state index is 0.0604. The van der Waals surface area contributed by atoms with E-state index in [-0.39, 0.29) is 18.1 Å². The average molecular weight is 302 g/mol. The standard InChI is InChI=1S/C14H22O5S/c1-3-18-14-10-12(11-15)6-7-13(14)19-8-5-9-20(16,17)4-2/h6-7,10,15H,3-5,8-9,11H2,1-2H3. The molecule has 0 aliphatic heterocycles. The number of hydrogen-bond acceptors (Lipinski definition) is 5. The van der Waals surface area contributed by atoms with E-state index in [0.29, 0.717) is 31.1 Å². The van der Waals surface area contributed by atoms with Crippen LogP contribution in [0.2, 0.25) is 0 Å². The summed E-state index contributed by atoms with van der Waals surface area (Å²) < 4.78 is 33.7. The Morgan fingerprint density at radius 2 is 1.90 bits per heavy atom. The number of aliphatic hydroxyl groups excluding tert-OH is 1. The van der Waals surface area contributed by atoms with Crippen LogP contribution < -0.4 is 9.47 Å². The van der Waals surface area contributed by atoms with Gasteiger partial charge in [0.2, 0.25) is 0 Å².